The Morgan fingerprint density at radius 1 is 1.25 bits per heavy atom. The van der Waals surface area contributed by atoms with E-state index in [4.69, 9.17) is 5.11 Å². The lowest BCUT2D eigenvalue weighted by molar-refractivity contribution is 0.284. The van der Waals surface area contributed by atoms with E-state index >= 15 is 0 Å². The Hall–Kier alpha value is 0.660. The van der Waals surface area contributed by atoms with Gasteiger partial charge in [-0.25, -0.2) is 0 Å². The summed E-state index contributed by atoms with van der Waals surface area (Å²) in [5, 5.41) is 8.34. The Balaban J connectivity index is 2.53. The molecule has 0 radical (unpaired) electrons. The van der Waals surface area contributed by atoms with Gasteiger partial charge in [0.2, 0.25) is 0 Å². The summed E-state index contributed by atoms with van der Waals surface area (Å²) >= 11 is 3.98. The number of aliphatic hydroxyl groups excluding tert-OH is 1. The molecule has 3 heteroatoms. The molecule has 1 N–H and O–H groups in total. The smallest absolute Gasteiger partial charge is 0.0431 e. The minimum atomic E-state index is 0.331. The van der Waals surface area contributed by atoms with E-state index in [1.807, 2.05) is 0 Å². The van der Waals surface area contributed by atoms with Gasteiger partial charge in [-0.15, -0.1) is 11.7 Å². The summed E-state index contributed by atoms with van der Waals surface area (Å²) in [6.07, 6.45) is 3.24. The zero-order valence-electron chi connectivity index (χ0n) is 4.84. The Labute approximate surface area is 59.7 Å². The summed E-state index contributed by atoms with van der Waals surface area (Å²) in [5.41, 5.74) is 0. The van der Waals surface area contributed by atoms with Crippen LogP contribution >= 0.6 is 22.5 Å². The van der Waals surface area contributed by atoms with Crippen molar-refractivity contribution in [2.75, 3.05) is 12.4 Å². The number of hydrogen-bond donors (Lipinski definition) is 2. The van der Waals surface area contributed by atoms with Crippen LogP contribution in [0.3, 0.4) is 0 Å². The zero-order valence-corrected chi connectivity index (χ0v) is 6.55. The fraction of sp³-hybridized carbons (Fsp3) is 1.00. The summed E-state index contributed by atoms with van der Waals surface area (Å²) in [6, 6.07) is 0. The number of rotatable bonds is 5. The van der Waals surface area contributed by atoms with E-state index in [2.05, 4.69) is 11.7 Å². The minimum Gasteiger partial charge on any atom is -0.396 e. The molecule has 0 amide bonds. The van der Waals surface area contributed by atoms with Crippen molar-refractivity contribution in [3.05, 3.63) is 0 Å². The molecule has 1 nitrogen and oxygen atoms in total. The van der Waals surface area contributed by atoms with Gasteiger partial charge in [-0.1, -0.05) is 17.2 Å². The molecule has 0 aliphatic heterocycles. The van der Waals surface area contributed by atoms with Crippen LogP contribution in [-0.2, 0) is 0 Å². The van der Waals surface area contributed by atoms with E-state index in [0.29, 0.717) is 6.61 Å². The molecule has 0 aromatic carbocycles. The highest BCUT2D eigenvalue weighted by atomic mass is 33.1. The van der Waals surface area contributed by atoms with Gasteiger partial charge < -0.3 is 5.11 Å². The lowest BCUT2D eigenvalue weighted by atomic mass is 10.3. The molecule has 0 rings (SSSR count). The van der Waals surface area contributed by atoms with Crippen LogP contribution in [0.25, 0.3) is 0 Å². The van der Waals surface area contributed by atoms with Crippen LogP contribution in [0.2, 0.25) is 0 Å². The molecule has 0 saturated carbocycles. The van der Waals surface area contributed by atoms with Crippen molar-refractivity contribution in [1.82, 2.24) is 0 Å². The number of aliphatic hydroxyl groups is 1. The van der Waals surface area contributed by atoms with Gasteiger partial charge in [-0.05, 0) is 12.8 Å². The van der Waals surface area contributed by atoms with Gasteiger partial charge in [0.25, 0.3) is 0 Å². The second kappa shape index (κ2) is 7.66. The summed E-state index contributed by atoms with van der Waals surface area (Å²) in [6.45, 7) is 0.331. The fourth-order valence-electron chi connectivity index (χ4n) is 0.455. The second-order valence-electron chi connectivity index (χ2n) is 1.62. The Morgan fingerprint density at radius 3 is 2.50 bits per heavy atom. The third-order valence-corrected chi connectivity index (χ3v) is 1.91. The minimum absolute atomic E-state index is 0.331. The monoisotopic (exact) mass is 152 g/mol. The molecule has 0 aromatic heterocycles. The summed E-state index contributed by atoms with van der Waals surface area (Å²) in [5.74, 6) is 1.10. The van der Waals surface area contributed by atoms with Gasteiger partial charge in [0.1, 0.15) is 0 Å². The zero-order chi connectivity index (χ0) is 6.24. The first-order chi connectivity index (χ1) is 3.91. The van der Waals surface area contributed by atoms with E-state index in [1.54, 1.807) is 10.8 Å². The molecule has 0 aromatic rings. The van der Waals surface area contributed by atoms with Gasteiger partial charge >= 0.3 is 0 Å². The second-order valence-corrected chi connectivity index (χ2v) is 3.06. The van der Waals surface area contributed by atoms with Crippen molar-refractivity contribution < 1.29 is 5.11 Å². The van der Waals surface area contributed by atoms with E-state index in [1.165, 1.54) is 6.42 Å². The molecule has 0 spiro atoms. The van der Waals surface area contributed by atoms with Crippen molar-refractivity contribution in [2.24, 2.45) is 0 Å². The molecule has 0 saturated heterocycles. The van der Waals surface area contributed by atoms with Crippen LogP contribution < -0.4 is 0 Å². The normalized spacial score (nSPS) is 9.75. The quantitative estimate of drug-likeness (QED) is 0.355. The standard InChI is InChI=1S/C5H12OS2/c6-4-2-1-3-5-8-7/h6-7H,1-5H2. The van der Waals surface area contributed by atoms with Crippen molar-refractivity contribution in [3.63, 3.8) is 0 Å². The molecule has 0 unspecified atom stereocenters. The van der Waals surface area contributed by atoms with Crippen LogP contribution in [-0.4, -0.2) is 17.5 Å². The maximum Gasteiger partial charge on any atom is 0.0431 e. The third kappa shape index (κ3) is 6.66. The Morgan fingerprint density at radius 2 is 2.00 bits per heavy atom. The van der Waals surface area contributed by atoms with Crippen LogP contribution in [0.15, 0.2) is 0 Å². The fourth-order valence-corrected chi connectivity index (χ4v) is 1.18. The van der Waals surface area contributed by atoms with Crippen LogP contribution in [0, 0.1) is 0 Å². The average Bonchev–Trinajstić information content (AvgIpc) is 1.81. The molecular formula is C5H12OS2. The number of unbranched alkanes of at least 4 members (excludes halogenated alkanes) is 2. The first-order valence-electron chi connectivity index (χ1n) is 2.79. The van der Waals surface area contributed by atoms with Crippen LogP contribution in [0.4, 0.5) is 0 Å². The van der Waals surface area contributed by atoms with Gasteiger partial charge in [0.05, 0.1) is 0 Å². The van der Waals surface area contributed by atoms with Crippen LogP contribution in [0.5, 0.6) is 0 Å². The van der Waals surface area contributed by atoms with E-state index < -0.39 is 0 Å². The molecule has 8 heavy (non-hydrogen) atoms. The first kappa shape index (κ1) is 8.66. The topological polar surface area (TPSA) is 20.2 Å². The van der Waals surface area contributed by atoms with Crippen molar-refractivity contribution >= 4 is 22.5 Å². The van der Waals surface area contributed by atoms with Crippen molar-refractivity contribution in [3.8, 4) is 0 Å². The van der Waals surface area contributed by atoms with Gasteiger partial charge in [0.15, 0.2) is 0 Å². The van der Waals surface area contributed by atoms with Crippen molar-refractivity contribution in [2.45, 2.75) is 19.3 Å². The van der Waals surface area contributed by atoms with E-state index in [-0.39, 0.29) is 0 Å². The molecular weight excluding hydrogens is 140 g/mol. The molecule has 50 valence electrons. The molecule has 0 heterocycles. The van der Waals surface area contributed by atoms with Crippen molar-refractivity contribution in [1.29, 1.82) is 0 Å². The number of hydrogen-bond acceptors (Lipinski definition) is 3. The molecule has 0 aliphatic carbocycles. The first-order valence-corrected chi connectivity index (χ1v) is 4.83. The lowest BCUT2D eigenvalue weighted by Crippen LogP contribution is -1.83. The summed E-state index contributed by atoms with van der Waals surface area (Å²) in [7, 11) is 1.56. The van der Waals surface area contributed by atoms with E-state index in [0.717, 1.165) is 18.6 Å². The molecule has 0 atom stereocenters. The highest BCUT2D eigenvalue weighted by Gasteiger charge is 1.84. The SMILES string of the molecule is OCCCCCSS. The highest BCUT2D eigenvalue weighted by Crippen LogP contribution is 2.08. The maximum absolute atomic E-state index is 8.34. The Bertz CT molecular complexity index is 35.4. The average molecular weight is 152 g/mol. The highest BCUT2D eigenvalue weighted by molar-refractivity contribution is 8.68. The predicted octanol–water partition coefficient (Wildman–Crippen LogP) is 1.73. The third-order valence-electron chi connectivity index (χ3n) is 0.894. The van der Waals surface area contributed by atoms with E-state index in [9.17, 15) is 0 Å². The largest absolute Gasteiger partial charge is 0.396 e. The van der Waals surface area contributed by atoms with Gasteiger partial charge in [-0.2, -0.15) is 0 Å². The van der Waals surface area contributed by atoms with Gasteiger partial charge in [-0.3, -0.25) is 0 Å². The molecule has 0 bridgehead atoms. The summed E-state index contributed by atoms with van der Waals surface area (Å²) in [4.78, 5) is 0. The van der Waals surface area contributed by atoms with Gasteiger partial charge in [0, 0.05) is 12.4 Å². The Kier molecular flexibility index (Phi) is 8.29. The maximum atomic E-state index is 8.34. The van der Waals surface area contributed by atoms with Crippen LogP contribution in [0.1, 0.15) is 19.3 Å². The molecule has 0 aliphatic rings. The predicted molar refractivity (Wildman–Crippen MR) is 42.4 cm³/mol. The number of thiol groups is 1. The lowest BCUT2D eigenvalue weighted by Gasteiger charge is -1.92. The molecule has 0 fully saturated rings. The summed E-state index contributed by atoms with van der Waals surface area (Å²) < 4.78 is 0.